The van der Waals surface area contributed by atoms with E-state index in [-0.39, 0.29) is 11.4 Å². The first-order chi connectivity index (χ1) is 8.38. The smallest absolute Gasteiger partial charge is 0.244 e. The molecule has 0 aliphatic heterocycles. The largest absolute Gasteiger partial charge is 0.325 e. The molecule has 0 radical (unpaired) electrons. The predicted octanol–water partition coefficient (Wildman–Crippen LogP) is -0.593. The van der Waals surface area contributed by atoms with Crippen molar-refractivity contribution in [2.75, 3.05) is 27.2 Å². The monoisotopic (exact) mass is 275 g/mol. The molecular weight excluding hydrogens is 254 g/mol. The number of sulfonamides is 1. The summed E-state index contributed by atoms with van der Waals surface area (Å²) in [6.07, 6.45) is 0.751. The fourth-order valence-electron chi connectivity index (χ4n) is 1.64. The Morgan fingerprint density at radius 1 is 1.44 bits per heavy atom. The van der Waals surface area contributed by atoms with Crippen molar-refractivity contribution in [3.63, 3.8) is 0 Å². The van der Waals surface area contributed by atoms with Gasteiger partial charge in [0.25, 0.3) is 0 Å². The SMILES string of the molecule is Cc1[nH]nc(CN)c1S(=O)(=O)NCCCN(C)C. The second-order valence-corrected chi connectivity index (χ2v) is 6.09. The van der Waals surface area contributed by atoms with Gasteiger partial charge in [-0.15, -0.1) is 0 Å². The third-order valence-corrected chi connectivity index (χ3v) is 4.16. The lowest BCUT2D eigenvalue weighted by Gasteiger charge is -2.10. The van der Waals surface area contributed by atoms with Crippen LogP contribution in [0.5, 0.6) is 0 Å². The summed E-state index contributed by atoms with van der Waals surface area (Å²) in [5.74, 6) is 0. The number of nitrogens with zero attached hydrogens (tertiary/aromatic N) is 2. The Morgan fingerprint density at radius 2 is 2.11 bits per heavy atom. The van der Waals surface area contributed by atoms with Crippen LogP contribution < -0.4 is 10.5 Å². The molecule has 8 heteroatoms. The molecule has 0 aliphatic rings. The average molecular weight is 275 g/mol. The molecule has 0 spiro atoms. The number of aromatic nitrogens is 2. The average Bonchev–Trinajstić information content (AvgIpc) is 2.66. The second kappa shape index (κ2) is 6.28. The Hall–Kier alpha value is -0.960. The number of rotatable bonds is 7. The summed E-state index contributed by atoms with van der Waals surface area (Å²) in [7, 11) is 0.361. The number of aromatic amines is 1. The van der Waals surface area contributed by atoms with Gasteiger partial charge in [0.2, 0.25) is 10.0 Å². The van der Waals surface area contributed by atoms with Crippen molar-refractivity contribution in [2.24, 2.45) is 5.73 Å². The summed E-state index contributed by atoms with van der Waals surface area (Å²) in [6.45, 7) is 2.99. The number of hydrogen-bond donors (Lipinski definition) is 3. The van der Waals surface area contributed by atoms with Crippen molar-refractivity contribution in [3.05, 3.63) is 11.4 Å². The molecule has 0 fully saturated rings. The van der Waals surface area contributed by atoms with Gasteiger partial charge in [0.15, 0.2) is 0 Å². The van der Waals surface area contributed by atoms with Crippen molar-refractivity contribution >= 4 is 10.0 Å². The van der Waals surface area contributed by atoms with Gasteiger partial charge in [-0.25, -0.2) is 13.1 Å². The van der Waals surface area contributed by atoms with Crippen LogP contribution in [-0.2, 0) is 16.6 Å². The third kappa shape index (κ3) is 3.77. The molecule has 0 bridgehead atoms. The minimum absolute atomic E-state index is 0.0955. The van der Waals surface area contributed by atoms with E-state index in [0.717, 1.165) is 13.0 Å². The molecule has 104 valence electrons. The van der Waals surface area contributed by atoms with Crippen LogP contribution in [0.2, 0.25) is 0 Å². The minimum Gasteiger partial charge on any atom is -0.325 e. The summed E-state index contributed by atoms with van der Waals surface area (Å²) in [4.78, 5) is 2.18. The van der Waals surface area contributed by atoms with E-state index in [1.807, 2.05) is 19.0 Å². The van der Waals surface area contributed by atoms with E-state index in [0.29, 0.717) is 17.9 Å². The molecule has 0 aliphatic carbocycles. The van der Waals surface area contributed by atoms with Gasteiger partial charge in [0.05, 0.1) is 11.4 Å². The predicted molar refractivity (Wildman–Crippen MR) is 69.6 cm³/mol. The van der Waals surface area contributed by atoms with E-state index in [2.05, 4.69) is 14.9 Å². The maximum Gasteiger partial charge on any atom is 0.244 e. The fraction of sp³-hybridized carbons (Fsp3) is 0.700. The van der Waals surface area contributed by atoms with Crippen LogP contribution in [0.3, 0.4) is 0 Å². The van der Waals surface area contributed by atoms with Gasteiger partial charge in [0.1, 0.15) is 4.90 Å². The normalized spacial score (nSPS) is 12.3. The van der Waals surface area contributed by atoms with Crippen LogP contribution in [0, 0.1) is 6.92 Å². The van der Waals surface area contributed by atoms with Gasteiger partial charge in [-0.05, 0) is 34.0 Å². The summed E-state index contributed by atoms with van der Waals surface area (Å²) < 4.78 is 26.8. The van der Waals surface area contributed by atoms with Gasteiger partial charge < -0.3 is 10.6 Å². The summed E-state index contributed by atoms with van der Waals surface area (Å²) in [6, 6.07) is 0. The Labute approximate surface area is 108 Å². The molecule has 1 rings (SSSR count). The van der Waals surface area contributed by atoms with Crippen LogP contribution in [0.1, 0.15) is 17.8 Å². The van der Waals surface area contributed by atoms with Gasteiger partial charge in [-0.1, -0.05) is 0 Å². The molecule has 1 aromatic heterocycles. The molecule has 0 atom stereocenters. The summed E-state index contributed by atoms with van der Waals surface area (Å²) >= 11 is 0. The molecule has 0 unspecified atom stereocenters. The van der Waals surface area contributed by atoms with Crippen LogP contribution in [-0.4, -0.2) is 50.7 Å². The van der Waals surface area contributed by atoms with Crippen molar-refractivity contribution in [1.29, 1.82) is 0 Å². The lowest BCUT2D eigenvalue weighted by atomic mass is 10.4. The molecule has 0 saturated heterocycles. The van der Waals surface area contributed by atoms with E-state index in [4.69, 9.17) is 5.73 Å². The van der Waals surface area contributed by atoms with Gasteiger partial charge >= 0.3 is 0 Å². The number of hydrogen-bond acceptors (Lipinski definition) is 5. The van der Waals surface area contributed by atoms with Crippen molar-refractivity contribution in [1.82, 2.24) is 19.8 Å². The molecule has 18 heavy (non-hydrogen) atoms. The minimum atomic E-state index is -3.53. The van der Waals surface area contributed by atoms with Crippen molar-refractivity contribution < 1.29 is 8.42 Å². The van der Waals surface area contributed by atoms with E-state index < -0.39 is 10.0 Å². The van der Waals surface area contributed by atoms with E-state index >= 15 is 0 Å². The van der Waals surface area contributed by atoms with Crippen LogP contribution in [0.25, 0.3) is 0 Å². The molecule has 0 aromatic carbocycles. The number of nitrogens with one attached hydrogen (secondary N) is 2. The van der Waals surface area contributed by atoms with E-state index in [1.165, 1.54) is 0 Å². The summed E-state index contributed by atoms with van der Waals surface area (Å²) in [5, 5.41) is 6.53. The van der Waals surface area contributed by atoms with Gasteiger partial charge in [-0.2, -0.15) is 5.10 Å². The molecule has 1 aromatic rings. The lowest BCUT2D eigenvalue weighted by Crippen LogP contribution is -2.28. The van der Waals surface area contributed by atoms with Crippen LogP contribution in [0.4, 0.5) is 0 Å². The van der Waals surface area contributed by atoms with Gasteiger partial charge in [0, 0.05) is 13.1 Å². The zero-order valence-electron chi connectivity index (χ0n) is 11.0. The second-order valence-electron chi connectivity index (χ2n) is 4.38. The highest BCUT2D eigenvalue weighted by Gasteiger charge is 2.22. The summed E-state index contributed by atoms with van der Waals surface area (Å²) in [5.41, 5.74) is 6.35. The highest BCUT2D eigenvalue weighted by atomic mass is 32.2. The Bertz CT molecular complexity index is 480. The quantitative estimate of drug-likeness (QED) is 0.577. The Kier molecular flexibility index (Phi) is 5.27. The highest BCUT2D eigenvalue weighted by molar-refractivity contribution is 7.89. The third-order valence-electron chi connectivity index (χ3n) is 2.50. The maximum atomic E-state index is 12.1. The van der Waals surface area contributed by atoms with E-state index in [9.17, 15) is 8.42 Å². The molecule has 0 saturated carbocycles. The van der Waals surface area contributed by atoms with Crippen LogP contribution >= 0.6 is 0 Å². The van der Waals surface area contributed by atoms with Crippen LogP contribution in [0.15, 0.2) is 4.90 Å². The topological polar surface area (TPSA) is 104 Å². The molecular formula is C10H21N5O2S. The standard InChI is InChI=1S/C10H21N5O2S/c1-8-10(9(7-11)14-13-8)18(16,17)12-5-4-6-15(2)3/h12H,4-7,11H2,1-3H3,(H,13,14). The first-order valence-electron chi connectivity index (χ1n) is 5.76. The maximum absolute atomic E-state index is 12.1. The number of nitrogens with two attached hydrogens (primary N) is 1. The number of aryl methyl sites for hydroxylation is 1. The zero-order chi connectivity index (χ0) is 13.8. The van der Waals surface area contributed by atoms with Gasteiger partial charge in [-0.3, -0.25) is 5.10 Å². The molecule has 4 N–H and O–H groups in total. The Morgan fingerprint density at radius 3 is 2.67 bits per heavy atom. The number of H-pyrrole nitrogens is 1. The highest BCUT2D eigenvalue weighted by Crippen LogP contribution is 2.16. The Balaban J connectivity index is 2.71. The molecule has 7 nitrogen and oxygen atoms in total. The molecule has 1 heterocycles. The lowest BCUT2D eigenvalue weighted by molar-refractivity contribution is 0.400. The van der Waals surface area contributed by atoms with E-state index in [1.54, 1.807) is 6.92 Å². The fourth-order valence-corrected chi connectivity index (χ4v) is 3.08. The van der Waals surface area contributed by atoms with Crippen molar-refractivity contribution in [2.45, 2.75) is 24.8 Å². The van der Waals surface area contributed by atoms with Crippen molar-refractivity contribution in [3.8, 4) is 0 Å². The first kappa shape index (κ1) is 15.1. The zero-order valence-corrected chi connectivity index (χ0v) is 11.8. The first-order valence-corrected chi connectivity index (χ1v) is 7.25. The molecule has 0 amide bonds.